The highest BCUT2D eigenvalue weighted by atomic mass is 16.1. The number of hydrogen-bond donors (Lipinski definition) is 0. The first-order valence-corrected chi connectivity index (χ1v) is 7.03. The Labute approximate surface area is 124 Å². The lowest BCUT2D eigenvalue weighted by Crippen LogP contribution is -2.06. The number of aromatic nitrogens is 1. The highest BCUT2D eigenvalue weighted by Gasteiger charge is 2.15. The predicted octanol–water partition coefficient (Wildman–Crippen LogP) is 4.39. The van der Waals surface area contributed by atoms with Gasteiger partial charge in [0.2, 0.25) is 0 Å². The number of fused-ring (bicyclic) bond motifs is 1. The molecular formula is C19H17NO. The van der Waals surface area contributed by atoms with E-state index in [1.165, 1.54) is 5.56 Å². The lowest BCUT2D eigenvalue weighted by atomic mass is 9.92. The Kier molecular flexibility index (Phi) is 3.30. The van der Waals surface area contributed by atoms with Gasteiger partial charge in [0.25, 0.3) is 0 Å². The summed E-state index contributed by atoms with van der Waals surface area (Å²) in [5, 5.41) is 0.991. The average molecular weight is 275 g/mol. The number of aryl methyl sites for hydroxylation is 3. The second-order valence-corrected chi connectivity index (χ2v) is 5.51. The Morgan fingerprint density at radius 3 is 2.38 bits per heavy atom. The van der Waals surface area contributed by atoms with Gasteiger partial charge in [0.05, 0.1) is 5.52 Å². The zero-order valence-electron chi connectivity index (χ0n) is 12.5. The van der Waals surface area contributed by atoms with Gasteiger partial charge in [0.1, 0.15) is 0 Å². The van der Waals surface area contributed by atoms with E-state index in [1.807, 2.05) is 44.2 Å². The molecule has 0 aliphatic heterocycles. The molecule has 21 heavy (non-hydrogen) atoms. The number of carbonyl (C=O) groups excluding carboxylic acids is 1. The van der Waals surface area contributed by atoms with Crippen LogP contribution >= 0.6 is 0 Å². The fourth-order valence-corrected chi connectivity index (χ4v) is 2.90. The minimum absolute atomic E-state index is 0.0794. The Morgan fingerprint density at radius 1 is 0.952 bits per heavy atom. The van der Waals surface area contributed by atoms with Crippen molar-refractivity contribution in [2.24, 2.45) is 0 Å². The molecule has 0 saturated heterocycles. The van der Waals surface area contributed by atoms with Crippen LogP contribution in [-0.4, -0.2) is 10.8 Å². The fourth-order valence-electron chi connectivity index (χ4n) is 2.90. The van der Waals surface area contributed by atoms with E-state index >= 15 is 0 Å². The van der Waals surface area contributed by atoms with Crippen molar-refractivity contribution in [3.05, 3.63) is 76.5 Å². The van der Waals surface area contributed by atoms with Crippen LogP contribution in [0.2, 0.25) is 0 Å². The normalized spacial score (nSPS) is 10.8. The van der Waals surface area contributed by atoms with E-state index in [-0.39, 0.29) is 5.78 Å². The topological polar surface area (TPSA) is 30.0 Å². The van der Waals surface area contributed by atoms with Gasteiger partial charge in [0, 0.05) is 22.7 Å². The highest BCUT2D eigenvalue weighted by molar-refractivity contribution is 6.12. The molecule has 2 heteroatoms. The molecule has 0 atom stereocenters. The number of pyridine rings is 1. The quantitative estimate of drug-likeness (QED) is 0.649. The number of benzene rings is 2. The molecular weight excluding hydrogens is 258 g/mol. The van der Waals surface area contributed by atoms with Gasteiger partial charge in [-0.2, -0.15) is 0 Å². The maximum Gasteiger partial charge on any atom is 0.193 e. The van der Waals surface area contributed by atoms with Gasteiger partial charge >= 0.3 is 0 Å². The van der Waals surface area contributed by atoms with E-state index in [2.05, 4.69) is 24.0 Å². The molecule has 0 aliphatic carbocycles. The van der Waals surface area contributed by atoms with Crippen LogP contribution in [0.25, 0.3) is 10.9 Å². The summed E-state index contributed by atoms with van der Waals surface area (Å²) < 4.78 is 0. The molecule has 104 valence electrons. The first-order chi connectivity index (χ1) is 10.1. The van der Waals surface area contributed by atoms with Crippen LogP contribution in [-0.2, 0) is 0 Å². The maximum absolute atomic E-state index is 12.8. The summed E-state index contributed by atoms with van der Waals surface area (Å²) in [6.07, 6.45) is 1.76. The Hall–Kier alpha value is -2.48. The van der Waals surface area contributed by atoms with Crippen LogP contribution in [0, 0.1) is 20.8 Å². The minimum Gasteiger partial charge on any atom is -0.289 e. The molecule has 0 unspecified atom stereocenters. The Morgan fingerprint density at radius 2 is 1.67 bits per heavy atom. The summed E-state index contributed by atoms with van der Waals surface area (Å²) in [5.74, 6) is 0.0794. The van der Waals surface area contributed by atoms with Crippen molar-refractivity contribution in [2.45, 2.75) is 20.8 Å². The third kappa shape index (κ3) is 2.45. The Balaban J connectivity index is 2.12. The van der Waals surface area contributed by atoms with E-state index in [9.17, 15) is 4.79 Å². The molecule has 1 aromatic heterocycles. The van der Waals surface area contributed by atoms with Crippen LogP contribution in [0.1, 0.15) is 32.6 Å². The van der Waals surface area contributed by atoms with Crippen molar-refractivity contribution in [3.63, 3.8) is 0 Å². The summed E-state index contributed by atoms with van der Waals surface area (Å²) in [6.45, 7) is 6.04. The fraction of sp³-hybridized carbons (Fsp3) is 0.158. The van der Waals surface area contributed by atoms with Crippen molar-refractivity contribution >= 4 is 16.7 Å². The van der Waals surface area contributed by atoms with E-state index in [0.29, 0.717) is 5.56 Å². The van der Waals surface area contributed by atoms with Crippen molar-refractivity contribution in [3.8, 4) is 0 Å². The Bertz CT molecular complexity index is 826. The third-order valence-corrected chi connectivity index (χ3v) is 3.77. The first kappa shape index (κ1) is 13.5. The van der Waals surface area contributed by atoms with E-state index in [0.717, 1.165) is 27.6 Å². The third-order valence-electron chi connectivity index (χ3n) is 3.77. The predicted molar refractivity (Wildman–Crippen MR) is 85.8 cm³/mol. The van der Waals surface area contributed by atoms with E-state index < -0.39 is 0 Å². The number of hydrogen-bond acceptors (Lipinski definition) is 2. The van der Waals surface area contributed by atoms with Gasteiger partial charge in [-0.3, -0.25) is 9.78 Å². The van der Waals surface area contributed by atoms with Crippen LogP contribution in [0.15, 0.2) is 48.7 Å². The molecule has 2 aromatic carbocycles. The van der Waals surface area contributed by atoms with E-state index in [1.54, 1.807) is 6.20 Å². The van der Waals surface area contributed by atoms with Gasteiger partial charge < -0.3 is 0 Å². The average Bonchev–Trinajstić information content (AvgIpc) is 2.45. The molecule has 0 N–H and O–H groups in total. The van der Waals surface area contributed by atoms with Crippen LogP contribution < -0.4 is 0 Å². The lowest BCUT2D eigenvalue weighted by Gasteiger charge is -2.11. The monoisotopic (exact) mass is 275 g/mol. The highest BCUT2D eigenvalue weighted by Crippen LogP contribution is 2.22. The summed E-state index contributed by atoms with van der Waals surface area (Å²) in [7, 11) is 0. The standard InChI is InChI=1S/C19H17NO/c1-12-9-13(2)18(14(3)10-12)19(21)16-6-7-17-15(11-16)5-4-8-20-17/h4-11H,1-3H3. The second-order valence-electron chi connectivity index (χ2n) is 5.51. The molecule has 0 bridgehead atoms. The number of carbonyl (C=O) groups is 1. The smallest absolute Gasteiger partial charge is 0.193 e. The van der Waals surface area contributed by atoms with Gasteiger partial charge in [-0.25, -0.2) is 0 Å². The van der Waals surface area contributed by atoms with Crippen LogP contribution in [0.3, 0.4) is 0 Å². The number of ketones is 1. The number of rotatable bonds is 2. The minimum atomic E-state index is 0.0794. The summed E-state index contributed by atoms with van der Waals surface area (Å²) >= 11 is 0. The van der Waals surface area contributed by atoms with E-state index in [4.69, 9.17) is 0 Å². The van der Waals surface area contributed by atoms with Crippen molar-refractivity contribution in [2.75, 3.05) is 0 Å². The summed E-state index contributed by atoms with van der Waals surface area (Å²) in [6, 6.07) is 13.7. The van der Waals surface area contributed by atoms with Gasteiger partial charge in [-0.1, -0.05) is 23.8 Å². The lowest BCUT2D eigenvalue weighted by molar-refractivity contribution is 0.103. The molecule has 0 aliphatic rings. The molecule has 0 amide bonds. The van der Waals surface area contributed by atoms with Gasteiger partial charge in [0.15, 0.2) is 5.78 Å². The van der Waals surface area contributed by atoms with Crippen LogP contribution in [0.4, 0.5) is 0 Å². The molecule has 0 fully saturated rings. The molecule has 3 aromatic rings. The number of nitrogens with zero attached hydrogens (tertiary/aromatic N) is 1. The van der Waals surface area contributed by atoms with Crippen molar-refractivity contribution < 1.29 is 4.79 Å². The van der Waals surface area contributed by atoms with Crippen LogP contribution in [0.5, 0.6) is 0 Å². The maximum atomic E-state index is 12.8. The molecule has 2 nitrogen and oxygen atoms in total. The van der Waals surface area contributed by atoms with Gasteiger partial charge in [-0.05, 0) is 56.2 Å². The van der Waals surface area contributed by atoms with Crippen molar-refractivity contribution in [1.82, 2.24) is 4.98 Å². The first-order valence-electron chi connectivity index (χ1n) is 7.03. The zero-order chi connectivity index (χ0) is 15.0. The molecule has 0 radical (unpaired) electrons. The SMILES string of the molecule is Cc1cc(C)c(C(=O)c2ccc3ncccc3c2)c(C)c1. The molecule has 1 heterocycles. The second kappa shape index (κ2) is 5.13. The van der Waals surface area contributed by atoms with Crippen molar-refractivity contribution in [1.29, 1.82) is 0 Å². The summed E-state index contributed by atoms with van der Waals surface area (Å²) in [4.78, 5) is 17.1. The molecule has 0 saturated carbocycles. The van der Waals surface area contributed by atoms with Gasteiger partial charge in [-0.15, -0.1) is 0 Å². The molecule has 3 rings (SSSR count). The summed E-state index contributed by atoms with van der Waals surface area (Å²) in [5.41, 5.74) is 5.68. The zero-order valence-corrected chi connectivity index (χ0v) is 12.5. The molecule has 0 spiro atoms. The largest absolute Gasteiger partial charge is 0.289 e.